The lowest BCUT2D eigenvalue weighted by Gasteiger charge is -2.18. The minimum absolute atomic E-state index is 0.0151. The van der Waals surface area contributed by atoms with Gasteiger partial charge in [0.25, 0.3) is 6.10 Å². The molecule has 2 atom stereocenters. The highest BCUT2D eigenvalue weighted by Crippen LogP contribution is 2.38. The van der Waals surface area contributed by atoms with Crippen molar-refractivity contribution < 1.29 is 37.8 Å². The molecule has 2 aromatic rings. The fourth-order valence-electron chi connectivity index (χ4n) is 3.58. The minimum atomic E-state index is -3.66. The molecule has 11 heteroatoms. The lowest BCUT2D eigenvalue weighted by atomic mass is 9.91. The first-order valence-corrected chi connectivity index (χ1v) is 11.3. The number of aliphatic carboxylic acids is 2. The van der Waals surface area contributed by atoms with Crippen LogP contribution in [0.2, 0.25) is 0 Å². The maximum absolute atomic E-state index is 12.5. The van der Waals surface area contributed by atoms with Crippen molar-refractivity contribution in [1.29, 1.82) is 0 Å². The molecular weight excluding hydrogens is 440 g/mol. The molecule has 170 valence electrons. The van der Waals surface area contributed by atoms with E-state index in [2.05, 4.69) is 10.0 Å². The summed E-state index contributed by atoms with van der Waals surface area (Å²) in [6, 6.07) is 12.4. The molecule has 0 radical (unpaired) electrons. The van der Waals surface area contributed by atoms with Gasteiger partial charge in [-0.3, -0.25) is 4.79 Å². The predicted octanol–water partition coefficient (Wildman–Crippen LogP) is 1.19. The third-order valence-electron chi connectivity index (χ3n) is 4.97. The predicted molar refractivity (Wildman–Crippen MR) is 114 cm³/mol. The molecule has 0 fully saturated rings. The highest BCUT2D eigenvalue weighted by atomic mass is 32.2. The van der Waals surface area contributed by atoms with Gasteiger partial charge in [-0.2, -0.15) is 0 Å². The summed E-state index contributed by atoms with van der Waals surface area (Å²) in [6.07, 6.45) is -2.08. The van der Waals surface area contributed by atoms with Gasteiger partial charge in [0.2, 0.25) is 10.0 Å². The van der Waals surface area contributed by atoms with E-state index in [1.807, 2.05) is 0 Å². The largest absolute Gasteiger partial charge is 0.478 e. The number of ketones is 1. The quantitative estimate of drug-likeness (QED) is 0.380. The zero-order valence-electron chi connectivity index (χ0n) is 17.0. The van der Waals surface area contributed by atoms with Gasteiger partial charge < -0.3 is 20.3 Å². The van der Waals surface area contributed by atoms with Gasteiger partial charge >= 0.3 is 11.9 Å². The fourth-order valence-corrected chi connectivity index (χ4v) is 4.75. The molecule has 0 aliphatic carbocycles. The van der Waals surface area contributed by atoms with Gasteiger partial charge in [-0.25, -0.2) is 22.7 Å². The van der Waals surface area contributed by atoms with Crippen LogP contribution in [0.1, 0.15) is 24.0 Å². The molecule has 1 heterocycles. The third-order valence-corrected chi connectivity index (χ3v) is 6.29. The number of ether oxygens (including phenoxy) is 1. The first kappa shape index (κ1) is 23.2. The van der Waals surface area contributed by atoms with Crippen LogP contribution < -0.4 is 14.8 Å². The van der Waals surface area contributed by atoms with E-state index in [0.717, 1.165) is 0 Å². The summed E-state index contributed by atoms with van der Waals surface area (Å²) in [5.74, 6) is -4.36. The number of benzene rings is 2. The van der Waals surface area contributed by atoms with Gasteiger partial charge in [-0.05, 0) is 24.1 Å². The number of carbonyl (C=O) groups excluding carboxylic acids is 1. The van der Waals surface area contributed by atoms with Gasteiger partial charge in [0.1, 0.15) is 11.5 Å². The molecule has 2 unspecified atom stereocenters. The lowest BCUT2D eigenvalue weighted by Crippen LogP contribution is -2.39. The van der Waals surface area contributed by atoms with Crippen molar-refractivity contribution in [2.24, 2.45) is 0 Å². The summed E-state index contributed by atoms with van der Waals surface area (Å²) in [4.78, 5) is 34.4. The number of Topliss-reactive ketones (excluding diaryl/α,β-unsaturated/α-hetero) is 1. The molecule has 0 aromatic heterocycles. The number of nitrogens with one attached hydrogen (secondary N) is 2. The van der Waals surface area contributed by atoms with Gasteiger partial charge in [0.15, 0.2) is 0 Å². The van der Waals surface area contributed by atoms with Crippen molar-refractivity contribution in [3.8, 4) is 5.75 Å². The summed E-state index contributed by atoms with van der Waals surface area (Å²) in [6.45, 7) is 1.33. The van der Waals surface area contributed by atoms with Crippen LogP contribution in [-0.2, 0) is 30.2 Å². The fraction of sp³-hybridized carbons (Fsp3) is 0.286. The molecular formula is C21H22N2O8S. The van der Waals surface area contributed by atoms with Crippen LogP contribution in [0, 0.1) is 0 Å². The van der Waals surface area contributed by atoms with Crippen molar-refractivity contribution in [1.82, 2.24) is 4.72 Å². The molecule has 0 saturated heterocycles. The standard InChI is InChI=1S/C21H22N2O8S/c1-12(24)18-15-8-7-14(31-19(20(25)26)21(27)28)9-16(15)23-17(18)10-22-32(29,30)11-13-5-3-2-4-6-13/h2-9,17-19,22-23H,10-11H2,1H3,(H,25,26)(H,27,28). The molecule has 0 bridgehead atoms. The lowest BCUT2D eigenvalue weighted by molar-refractivity contribution is -0.159. The molecule has 0 amide bonds. The number of hydrogen-bond acceptors (Lipinski definition) is 7. The Balaban J connectivity index is 1.74. The van der Waals surface area contributed by atoms with E-state index < -0.39 is 40.0 Å². The average Bonchev–Trinajstić information content (AvgIpc) is 3.08. The van der Waals surface area contributed by atoms with E-state index in [4.69, 9.17) is 14.9 Å². The number of rotatable bonds is 10. The van der Waals surface area contributed by atoms with E-state index in [0.29, 0.717) is 16.8 Å². The molecule has 0 spiro atoms. The average molecular weight is 462 g/mol. The smallest absolute Gasteiger partial charge is 0.356 e. The first-order chi connectivity index (χ1) is 15.1. The number of fused-ring (bicyclic) bond motifs is 1. The van der Waals surface area contributed by atoms with Gasteiger partial charge in [-0.15, -0.1) is 0 Å². The number of hydrogen-bond donors (Lipinski definition) is 4. The van der Waals surface area contributed by atoms with Crippen molar-refractivity contribution in [2.75, 3.05) is 11.9 Å². The zero-order chi connectivity index (χ0) is 23.5. The van der Waals surface area contributed by atoms with Gasteiger partial charge in [0, 0.05) is 18.3 Å². The maximum atomic E-state index is 12.5. The SMILES string of the molecule is CC(=O)C1c2ccc(OC(C(=O)O)C(=O)O)cc2NC1CNS(=O)(=O)Cc1ccccc1. The Kier molecular flexibility index (Phi) is 6.80. The second-order valence-electron chi connectivity index (χ2n) is 7.36. The van der Waals surface area contributed by atoms with Crippen molar-refractivity contribution in [3.63, 3.8) is 0 Å². The summed E-state index contributed by atoms with van der Waals surface area (Å²) < 4.78 is 32.5. The Morgan fingerprint density at radius 2 is 1.75 bits per heavy atom. The first-order valence-electron chi connectivity index (χ1n) is 9.62. The molecule has 1 aliphatic rings. The van der Waals surface area contributed by atoms with Gasteiger partial charge in [-0.1, -0.05) is 36.4 Å². The third kappa shape index (κ3) is 5.42. The highest BCUT2D eigenvalue weighted by Gasteiger charge is 2.36. The number of carbonyl (C=O) groups is 3. The topological polar surface area (TPSA) is 159 Å². The summed E-state index contributed by atoms with van der Waals surface area (Å²) in [7, 11) is -3.66. The van der Waals surface area contributed by atoms with E-state index in [1.54, 1.807) is 30.3 Å². The Labute approximate surface area is 184 Å². The minimum Gasteiger partial charge on any atom is -0.478 e. The summed E-state index contributed by atoms with van der Waals surface area (Å²) in [5, 5.41) is 21.0. The Hall–Kier alpha value is -3.44. The molecule has 0 saturated carbocycles. The van der Waals surface area contributed by atoms with E-state index in [-0.39, 0.29) is 23.8 Å². The molecule has 3 rings (SSSR count). The van der Waals surface area contributed by atoms with Crippen LogP contribution in [0.3, 0.4) is 0 Å². The normalized spacial score (nSPS) is 17.4. The Morgan fingerprint density at radius 1 is 1.09 bits per heavy atom. The van der Waals surface area contributed by atoms with Crippen molar-refractivity contribution >= 4 is 33.4 Å². The highest BCUT2D eigenvalue weighted by molar-refractivity contribution is 7.88. The number of anilines is 1. The number of carboxylic acids is 2. The van der Waals surface area contributed by atoms with Crippen LogP contribution in [0.25, 0.3) is 0 Å². The van der Waals surface area contributed by atoms with Gasteiger partial charge in [0.05, 0.1) is 17.7 Å². The molecule has 32 heavy (non-hydrogen) atoms. The summed E-state index contributed by atoms with van der Waals surface area (Å²) >= 11 is 0. The van der Waals surface area contributed by atoms with Crippen LogP contribution in [0.4, 0.5) is 5.69 Å². The molecule has 1 aliphatic heterocycles. The van der Waals surface area contributed by atoms with E-state index in [9.17, 15) is 22.8 Å². The Morgan fingerprint density at radius 3 is 2.34 bits per heavy atom. The Bertz CT molecular complexity index is 1120. The molecule has 10 nitrogen and oxygen atoms in total. The van der Waals surface area contributed by atoms with Crippen LogP contribution >= 0.6 is 0 Å². The van der Waals surface area contributed by atoms with Crippen molar-refractivity contribution in [3.05, 3.63) is 59.7 Å². The summed E-state index contributed by atoms with van der Waals surface area (Å²) in [5.41, 5.74) is 1.64. The number of sulfonamides is 1. The van der Waals surface area contributed by atoms with E-state index in [1.165, 1.54) is 25.1 Å². The van der Waals surface area contributed by atoms with Crippen LogP contribution in [0.5, 0.6) is 5.75 Å². The van der Waals surface area contributed by atoms with Crippen molar-refractivity contribution in [2.45, 2.75) is 30.7 Å². The maximum Gasteiger partial charge on any atom is 0.356 e. The molecule has 4 N–H and O–H groups in total. The second-order valence-corrected chi connectivity index (χ2v) is 9.16. The monoisotopic (exact) mass is 462 g/mol. The van der Waals surface area contributed by atoms with Crippen LogP contribution in [-0.4, -0.2) is 55.0 Å². The number of carboxylic acid groups (broad SMARTS) is 2. The zero-order valence-corrected chi connectivity index (χ0v) is 17.8. The van der Waals surface area contributed by atoms with E-state index >= 15 is 0 Å². The second kappa shape index (κ2) is 9.37. The molecule has 2 aromatic carbocycles. The van der Waals surface area contributed by atoms with Crippen LogP contribution in [0.15, 0.2) is 48.5 Å².